The van der Waals surface area contributed by atoms with Gasteiger partial charge in [0.15, 0.2) is 0 Å². The molecule has 17 heavy (non-hydrogen) atoms. The molecule has 0 fully saturated rings. The third-order valence-electron chi connectivity index (χ3n) is 2.36. The molecule has 0 aliphatic heterocycles. The number of nitrogens with two attached hydrogens (primary N) is 1. The van der Waals surface area contributed by atoms with Gasteiger partial charge in [0.05, 0.1) is 0 Å². The second-order valence-corrected chi connectivity index (χ2v) is 5.75. The van der Waals surface area contributed by atoms with Gasteiger partial charge >= 0.3 is 0 Å². The van der Waals surface area contributed by atoms with Gasteiger partial charge in [0.25, 0.3) is 10.2 Å². The Hall–Kier alpha value is -1.11. The van der Waals surface area contributed by atoms with Gasteiger partial charge in [0.2, 0.25) is 0 Å². The van der Waals surface area contributed by atoms with Crippen molar-refractivity contribution in [3.05, 3.63) is 29.8 Å². The molecule has 3 N–H and O–H groups in total. The van der Waals surface area contributed by atoms with Gasteiger partial charge in [-0.1, -0.05) is 19.1 Å². The Morgan fingerprint density at radius 1 is 1.41 bits per heavy atom. The summed E-state index contributed by atoms with van der Waals surface area (Å²) in [5, 5.41) is 0. The zero-order valence-electron chi connectivity index (χ0n) is 10.2. The van der Waals surface area contributed by atoms with Crippen molar-refractivity contribution in [2.45, 2.75) is 19.9 Å². The molecule has 0 aliphatic rings. The van der Waals surface area contributed by atoms with E-state index in [0.717, 1.165) is 12.0 Å². The molecule has 1 aromatic carbocycles. The predicted molar refractivity (Wildman–Crippen MR) is 69.5 cm³/mol. The molecule has 0 bridgehead atoms. The fraction of sp³-hybridized carbons (Fsp3) is 0.455. The summed E-state index contributed by atoms with van der Waals surface area (Å²) >= 11 is 0. The second-order valence-electron chi connectivity index (χ2n) is 3.89. The van der Waals surface area contributed by atoms with E-state index in [1.165, 1.54) is 4.31 Å². The van der Waals surface area contributed by atoms with E-state index in [9.17, 15) is 8.42 Å². The number of nitrogens with one attached hydrogen (secondary N) is 1. The quantitative estimate of drug-likeness (QED) is 0.745. The highest BCUT2D eigenvalue weighted by molar-refractivity contribution is 7.87. The van der Waals surface area contributed by atoms with Crippen LogP contribution in [0.5, 0.6) is 0 Å². The second kappa shape index (κ2) is 6.00. The summed E-state index contributed by atoms with van der Waals surface area (Å²) in [5.74, 6) is 0. The van der Waals surface area contributed by atoms with Crippen LogP contribution in [0, 0.1) is 0 Å². The lowest BCUT2D eigenvalue weighted by Gasteiger charge is -2.16. The van der Waals surface area contributed by atoms with E-state index in [4.69, 9.17) is 5.73 Å². The lowest BCUT2D eigenvalue weighted by atomic mass is 10.2. The molecule has 5 nitrogen and oxygen atoms in total. The van der Waals surface area contributed by atoms with Gasteiger partial charge in [-0.2, -0.15) is 17.4 Å². The fourth-order valence-electron chi connectivity index (χ4n) is 1.42. The minimum Gasteiger partial charge on any atom is -0.399 e. The van der Waals surface area contributed by atoms with Crippen LogP contribution in [0.25, 0.3) is 0 Å². The fourth-order valence-corrected chi connectivity index (χ4v) is 2.42. The van der Waals surface area contributed by atoms with Gasteiger partial charge in [-0.25, -0.2) is 0 Å². The maximum Gasteiger partial charge on any atom is 0.279 e. The summed E-state index contributed by atoms with van der Waals surface area (Å²) in [6.45, 7) is 2.69. The molecule has 0 radical (unpaired) electrons. The first-order chi connectivity index (χ1) is 7.95. The Kier molecular flexibility index (Phi) is 4.92. The number of benzene rings is 1. The van der Waals surface area contributed by atoms with Crippen LogP contribution in [0.4, 0.5) is 5.69 Å². The van der Waals surface area contributed by atoms with Gasteiger partial charge in [-0.05, 0) is 24.1 Å². The minimum atomic E-state index is -3.39. The van der Waals surface area contributed by atoms with Gasteiger partial charge in [0, 0.05) is 25.8 Å². The zero-order chi connectivity index (χ0) is 12.9. The van der Waals surface area contributed by atoms with E-state index in [0.29, 0.717) is 12.2 Å². The van der Waals surface area contributed by atoms with Crippen molar-refractivity contribution < 1.29 is 8.42 Å². The molecular weight excluding hydrogens is 238 g/mol. The molecule has 0 unspecified atom stereocenters. The van der Waals surface area contributed by atoms with Crippen molar-refractivity contribution in [2.24, 2.45) is 0 Å². The molecule has 1 rings (SSSR count). The van der Waals surface area contributed by atoms with Crippen molar-refractivity contribution in [3.63, 3.8) is 0 Å². The first-order valence-electron chi connectivity index (χ1n) is 5.51. The van der Waals surface area contributed by atoms with E-state index in [2.05, 4.69) is 4.72 Å². The van der Waals surface area contributed by atoms with Crippen LogP contribution in [-0.4, -0.2) is 26.3 Å². The van der Waals surface area contributed by atoms with Gasteiger partial charge in [-0.3, -0.25) is 0 Å². The van der Waals surface area contributed by atoms with Crippen LogP contribution in [0.3, 0.4) is 0 Å². The molecular formula is C11H19N3O2S. The summed E-state index contributed by atoms with van der Waals surface area (Å²) in [4.78, 5) is 0. The SMILES string of the molecule is CCCN(C)S(=O)(=O)NCc1cccc(N)c1. The van der Waals surface area contributed by atoms with E-state index < -0.39 is 10.2 Å². The van der Waals surface area contributed by atoms with E-state index in [1.54, 1.807) is 25.2 Å². The maximum absolute atomic E-state index is 11.8. The lowest BCUT2D eigenvalue weighted by molar-refractivity contribution is 0.457. The Labute approximate surface area is 103 Å². The summed E-state index contributed by atoms with van der Waals surface area (Å²) in [6, 6.07) is 7.15. The molecule has 0 heterocycles. The first kappa shape index (κ1) is 14.0. The number of rotatable bonds is 6. The molecule has 96 valence electrons. The average molecular weight is 257 g/mol. The third kappa shape index (κ3) is 4.33. The summed E-state index contributed by atoms with van der Waals surface area (Å²) in [5.41, 5.74) is 7.09. The van der Waals surface area contributed by atoms with Gasteiger partial charge in [0.1, 0.15) is 0 Å². The molecule has 6 heteroatoms. The summed E-state index contributed by atoms with van der Waals surface area (Å²) in [7, 11) is -1.83. The monoisotopic (exact) mass is 257 g/mol. The average Bonchev–Trinajstić information content (AvgIpc) is 2.27. The van der Waals surface area contributed by atoms with Crippen molar-refractivity contribution in [2.75, 3.05) is 19.3 Å². The van der Waals surface area contributed by atoms with E-state index in [1.807, 2.05) is 13.0 Å². The Morgan fingerprint density at radius 2 is 2.12 bits per heavy atom. The van der Waals surface area contributed by atoms with Gasteiger partial charge in [-0.15, -0.1) is 0 Å². The van der Waals surface area contributed by atoms with Crippen LogP contribution in [0.1, 0.15) is 18.9 Å². The highest BCUT2D eigenvalue weighted by Crippen LogP contribution is 2.07. The molecule has 0 amide bonds. The highest BCUT2D eigenvalue weighted by atomic mass is 32.2. The van der Waals surface area contributed by atoms with Crippen LogP contribution in [0.2, 0.25) is 0 Å². The molecule has 0 aliphatic carbocycles. The normalized spacial score (nSPS) is 11.9. The molecule has 0 saturated carbocycles. The van der Waals surface area contributed by atoms with Crippen molar-refractivity contribution >= 4 is 15.9 Å². The molecule has 0 atom stereocenters. The van der Waals surface area contributed by atoms with Crippen LogP contribution >= 0.6 is 0 Å². The van der Waals surface area contributed by atoms with Crippen LogP contribution in [0.15, 0.2) is 24.3 Å². The number of nitrogen functional groups attached to an aromatic ring is 1. The largest absolute Gasteiger partial charge is 0.399 e. The van der Waals surface area contributed by atoms with Crippen LogP contribution in [-0.2, 0) is 16.8 Å². The molecule has 0 saturated heterocycles. The standard InChI is InChI=1S/C11H19N3O2S/c1-3-7-14(2)17(15,16)13-9-10-5-4-6-11(12)8-10/h4-6,8,13H,3,7,9,12H2,1-2H3. The Morgan fingerprint density at radius 3 is 2.71 bits per heavy atom. The van der Waals surface area contributed by atoms with Crippen molar-refractivity contribution in [1.29, 1.82) is 0 Å². The topological polar surface area (TPSA) is 75.4 Å². The minimum absolute atomic E-state index is 0.251. The molecule has 1 aromatic rings. The lowest BCUT2D eigenvalue weighted by Crippen LogP contribution is -2.38. The van der Waals surface area contributed by atoms with E-state index >= 15 is 0 Å². The highest BCUT2D eigenvalue weighted by Gasteiger charge is 2.15. The number of nitrogens with zero attached hydrogens (tertiary/aromatic N) is 1. The van der Waals surface area contributed by atoms with Crippen molar-refractivity contribution in [1.82, 2.24) is 9.03 Å². The number of hydrogen-bond donors (Lipinski definition) is 2. The molecule has 0 spiro atoms. The molecule has 0 aromatic heterocycles. The number of hydrogen-bond acceptors (Lipinski definition) is 3. The summed E-state index contributed by atoms with van der Waals surface area (Å²) in [6.07, 6.45) is 0.787. The Balaban J connectivity index is 2.61. The van der Waals surface area contributed by atoms with Crippen molar-refractivity contribution in [3.8, 4) is 0 Å². The first-order valence-corrected chi connectivity index (χ1v) is 6.95. The third-order valence-corrected chi connectivity index (χ3v) is 3.87. The van der Waals surface area contributed by atoms with Gasteiger partial charge < -0.3 is 5.73 Å². The zero-order valence-corrected chi connectivity index (χ0v) is 11.0. The maximum atomic E-state index is 11.8. The smallest absolute Gasteiger partial charge is 0.279 e. The van der Waals surface area contributed by atoms with Crippen LogP contribution < -0.4 is 10.5 Å². The number of anilines is 1. The van der Waals surface area contributed by atoms with E-state index in [-0.39, 0.29) is 6.54 Å². The predicted octanol–water partition coefficient (Wildman–Crippen LogP) is 0.945. The Bertz CT molecular complexity index is 460. The summed E-state index contributed by atoms with van der Waals surface area (Å²) < 4.78 is 27.4.